The fraction of sp³-hybridized carbons (Fsp3) is 0.273. The van der Waals surface area contributed by atoms with Crippen LogP contribution in [0.5, 0.6) is 0 Å². The normalized spacial score (nSPS) is 16.9. The van der Waals surface area contributed by atoms with Gasteiger partial charge in [0.1, 0.15) is 0 Å². The van der Waals surface area contributed by atoms with Crippen LogP contribution in [-0.2, 0) is 9.59 Å². The molecule has 0 amide bonds. The minimum Gasteiger partial charge on any atom is -0.478 e. The average Bonchev–Trinajstić information content (AvgIpc) is 3.08. The molecule has 0 saturated carbocycles. The van der Waals surface area contributed by atoms with Crippen LogP contribution in [0.3, 0.4) is 0 Å². The fourth-order valence-corrected chi connectivity index (χ4v) is 3.44. The van der Waals surface area contributed by atoms with E-state index in [1.807, 2.05) is 0 Å². The Morgan fingerprint density at radius 3 is 1.70 bits per heavy atom. The Morgan fingerprint density at radius 1 is 0.926 bits per heavy atom. The quantitative estimate of drug-likeness (QED) is 0.791. The molecule has 1 heterocycles. The standard InChI is InChI=1S/C18H21N.C4H4O4/c1-19-13-12-17(14-19)18(15-8-4-2-5-9-15)16-10-6-3-7-11-16;5-3(6)1-2-4(7)8/h2-11,17-18H,12-14H2,1H3;1-2H,(H,5,6)(H,7,8)/b;2-1+. The molecule has 1 aliphatic heterocycles. The van der Waals surface area contributed by atoms with Gasteiger partial charge in [0.2, 0.25) is 0 Å². The first-order valence-corrected chi connectivity index (χ1v) is 8.89. The lowest BCUT2D eigenvalue weighted by Gasteiger charge is -2.24. The molecule has 1 saturated heterocycles. The number of benzene rings is 2. The highest BCUT2D eigenvalue weighted by molar-refractivity contribution is 5.89. The molecule has 0 aliphatic carbocycles. The maximum absolute atomic E-state index is 9.55. The van der Waals surface area contributed by atoms with Gasteiger partial charge in [0.15, 0.2) is 0 Å². The molecular formula is C22H25NO4. The van der Waals surface area contributed by atoms with E-state index in [4.69, 9.17) is 10.2 Å². The summed E-state index contributed by atoms with van der Waals surface area (Å²) >= 11 is 0. The molecule has 1 fully saturated rings. The van der Waals surface area contributed by atoms with Gasteiger partial charge in [-0.05, 0) is 37.1 Å². The second kappa shape index (κ2) is 10.3. The zero-order valence-electron chi connectivity index (χ0n) is 15.4. The van der Waals surface area contributed by atoms with E-state index < -0.39 is 11.9 Å². The zero-order valence-corrected chi connectivity index (χ0v) is 15.4. The van der Waals surface area contributed by atoms with Crippen LogP contribution in [0.25, 0.3) is 0 Å². The van der Waals surface area contributed by atoms with E-state index >= 15 is 0 Å². The lowest BCUT2D eigenvalue weighted by atomic mass is 9.80. The van der Waals surface area contributed by atoms with E-state index in [1.165, 1.54) is 30.6 Å². The summed E-state index contributed by atoms with van der Waals surface area (Å²) < 4.78 is 0. The topological polar surface area (TPSA) is 77.8 Å². The van der Waals surface area contributed by atoms with Crippen molar-refractivity contribution in [1.82, 2.24) is 4.90 Å². The van der Waals surface area contributed by atoms with Crippen LogP contribution in [0.4, 0.5) is 0 Å². The first-order chi connectivity index (χ1) is 13.0. The van der Waals surface area contributed by atoms with Gasteiger partial charge < -0.3 is 15.1 Å². The number of hydrogen-bond donors (Lipinski definition) is 2. The van der Waals surface area contributed by atoms with Crippen LogP contribution in [0.15, 0.2) is 72.8 Å². The molecule has 3 rings (SSSR count). The number of rotatable bonds is 5. The molecular weight excluding hydrogens is 342 g/mol. The smallest absolute Gasteiger partial charge is 0.328 e. The van der Waals surface area contributed by atoms with Gasteiger partial charge in [-0.2, -0.15) is 0 Å². The highest BCUT2D eigenvalue weighted by atomic mass is 16.4. The lowest BCUT2D eigenvalue weighted by Crippen LogP contribution is -2.19. The first-order valence-electron chi connectivity index (χ1n) is 8.89. The van der Waals surface area contributed by atoms with Gasteiger partial charge in [-0.3, -0.25) is 0 Å². The van der Waals surface area contributed by atoms with Gasteiger partial charge in [0.25, 0.3) is 0 Å². The number of carboxylic acids is 2. The molecule has 0 bridgehead atoms. The van der Waals surface area contributed by atoms with Crippen molar-refractivity contribution in [3.05, 3.63) is 83.9 Å². The summed E-state index contributed by atoms with van der Waals surface area (Å²) in [6.07, 6.45) is 2.41. The largest absolute Gasteiger partial charge is 0.478 e. The Bertz CT molecular complexity index is 703. The van der Waals surface area contributed by atoms with Crippen molar-refractivity contribution in [2.24, 2.45) is 5.92 Å². The van der Waals surface area contributed by atoms with Crippen molar-refractivity contribution in [2.75, 3.05) is 20.1 Å². The molecule has 27 heavy (non-hydrogen) atoms. The van der Waals surface area contributed by atoms with Gasteiger partial charge in [-0.15, -0.1) is 0 Å². The number of hydrogen-bond acceptors (Lipinski definition) is 3. The maximum Gasteiger partial charge on any atom is 0.328 e. The summed E-state index contributed by atoms with van der Waals surface area (Å²) in [6, 6.07) is 21.9. The highest BCUT2D eigenvalue weighted by Crippen LogP contribution is 2.36. The molecule has 5 heteroatoms. The molecule has 2 aromatic carbocycles. The van der Waals surface area contributed by atoms with E-state index in [9.17, 15) is 9.59 Å². The van der Waals surface area contributed by atoms with Gasteiger partial charge in [-0.1, -0.05) is 60.7 Å². The maximum atomic E-state index is 9.55. The van der Waals surface area contributed by atoms with E-state index in [1.54, 1.807) is 0 Å². The molecule has 142 valence electrons. The van der Waals surface area contributed by atoms with Gasteiger partial charge in [0, 0.05) is 24.6 Å². The lowest BCUT2D eigenvalue weighted by molar-refractivity contribution is -0.134. The van der Waals surface area contributed by atoms with Crippen LogP contribution < -0.4 is 0 Å². The first kappa shape index (κ1) is 20.4. The predicted octanol–water partition coefficient (Wildman–Crippen LogP) is 3.48. The summed E-state index contributed by atoms with van der Waals surface area (Å²) in [5.74, 6) is -1.25. The number of likely N-dealkylation sites (tertiary alicyclic amines) is 1. The summed E-state index contributed by atoms with van der Waals surface area (Å²) in [5, 5.41) is 15.6. The second-order valence-electron chi connectivity index (χ2n) is 6.62. The monoisotopic (exact) mass is 367 g/mol. The predicted molar refractivity (Wildman–Crippen MR) is 105 cm³/mol. The van der Waals surface area contributed by atoms with E-state index in [-0.39, 0.29) is 0 Å². The molecule has 1 unspecified atom stereocenters. The molecule has 2 N–H and O–H groups in total. The second-order valence-corrected chi connectivity index (χ2v) is 6.62. The van der Waals surface area contributed by atoms with Crippen molar-refractivity contribution < 1.29 is 19.8 Å². The summed E-state index contributed by atoms with van der Waals surface area (Å²) in [4.78, 5) is 21.6. The van der Waals surface area contributed by atoms with Crippen LogP contribution in [0, 0.1) is 5.92 Å². The molecule has 1 atom stereocenters. The van der Waals surface area contributed by atoms with E-state index in [0.29, 0.717) is 18.1 Å². The number of nitrogens with zero attached hydrogens (tertiary/aromatic N) is 1. The van der Waals surface area contributed by atoms with Crippen LogP contribution in [0.2, 0.25) is 0 Å². The van der Waals surface area contributed by atoms with Gasteiger partial charge in [-0.25, -0.2) is 9.59 Å². The molecule has 1 aliphatic rings. The fourth-order valence-electron chi connectivity index (χ4n) is 3.44. The Labute approximate surface area is 159 Å². The molecule has 0 radical (unpaired) electrons. The van der Waals surface area contributed by atoms with Crippen molar-refractivity contribution >= 4 is 11.9 Å². The molecule has 2 aromatic rings. The number of carboxylic acid groups (broad SMARTS) is 2. The average molecular weight is 367 g/mol. The highest BCUT2D eigenvalue weighted by Gasteiger charge is 2.29. The van der Waals surface area contributed by atoms with Crippen LogP contribution >= 0.6 is 0 Å². The van der Waals surface area contributed by atoms with Gasteiger partial charge >= 0.3 is 11.9 Å². The van der Waals surface area contributed by atoms with Crippen molar-refractivity contribution in [3.63, 3.8) is 0 Å². The van der Waals surface area contributed by atoms with E-state index in [0.717, 1.165) is 5.92 Å². The minimum absolute atomic E-state index is 0.535. The number of aliphatic carboxylic acids is 2. The third-order valence-corrected chi connectivity index (χ3v) is 4.59. The van der Waals surface area contributed by atoms with Crippen molar-refractivity contribution in [1.29, 1.82) is 0 Å². The number of carbonyl (C=O) groups is 2. The molecule has 0 spiro atoms. The third-order valence-electron chi connectivity index (χ3n) is 4.59. The van der Waals surface area contributed by atoms with Gasteiger partial charge in [0.05, 0.1) is 0 Å². The third kappa shape index (κ3) is 6.72. The molecule has 5 nitrogen and oxygen atoms in total. The van der Waals surface area contributed by atoms with Crippen molar-refractivity contribution in [3.8, 4) is 0 Å². The summed E-state index contributed by atoms with van der Waals surface area (Å²) in [6.45, 7) is 2.43. The van der Waals surface area contributed by atoms with Crippen LogP contribution in [-0.4, -0.2) is 47.2 Å². The summed E-state index contributed by atoms with van der Waals surface area (Å²) in [7, 11) is 2.23. The summed E-state index contributed by atoms with van der Waals surface area (Å²) in [5.41, 5.74) is 2.91. The Morgan fingerprint density at radius 2 is 1.37 bits per heavy atom. The van der Waals surface area contributed by atoms with Crippen molar-refractivity contribution in [2.45, 2.75) is 12.3 Å². The Balaban J connectivity index is 0.000000279. The molecule has 0 aromatic heterocycles. The Hall–Kier alpha value is -2.92. The van der Waals surface area contributed by atoms with E-state index in [2.05, 4.69) is 72.6 Å². The zero-order chi connectivity index (χ0) is 19.6. The Kier molecular flexibility index (Phi) is 7.77. The minimum atomic E-state index is -1.26. The van der Waals surface area contributed by atoms with Crippen LogP contribution in [0.1, 0.15) is 23.5 Å². The SMILES string of the molecule is CN1CCC(C(c2ccccc2)c2ccccc2)C1.O=C(O)/C=C/C(=O)O.